The first-order valence-electron chi connectivity index (χ1n) is 8.12. The van der Waals surface area contributed by atoms with Gasteiger partial charge in [0.1, 0.15) is 6.04 Å². The lowest BCUT2D eigenvalue weighted by molar-refractivity contribution is -0.188. The van der Waals surface area contributed by atoms with E-state index in [1.54, 1.807) is 0 Å². The van der Waals surface area contributed by atoms with Crippen molar-refractivity contribution in [2.75, 3.05) is 24.7 Å². The van der Waals surface area contributed by atoms with Gasteiger partial charge in [-0.05, 0) is 6.42 Å². The molecule has 25 heavy (non-hydrogen) atoms. The van der Waals surface area contributed by atoms with Crippen LogP contribution in [0.2, 0.25) is 0 Å². The first kappa shape index (κ1) is 19.9. The monoisotopic (exact) mass is 382 g/mol. The van der Waals surface area contributed by atoms with E-state index in [4.69, 9.17) is 5.11 Å². The lowest BCUT2D eigenvalue weighted by Crippen LogP contribution is -2.48. The van der Waals surface area contributed by atoms with Gasteiger partial charge in [-0.15, -0.1) is 11.8 Å². The predicted octanol–water partition coefficient (Wildman–Crippen LogP) is 1.80. The van der Waals surface area contributed by atoms with E-state index in [-0.39, 0.29) is 5.91 Å². The van der Waals surface area contributed by atoms with Crippen LogP contribution in [0.25, 0.3) is 0 Å². The van der Waals surface area contributed by atoms with E-state index in [0.717, 1.165) is 11.3 Å². The topological polar surface area (TPSA) is 77.9 Å². The normalized spacial score (nSPS) is 27.0. The number of hydrogen-bond acceptors (Lipinski definition) is 4. The van der Waals surface area contributed by atoms with Gasteiger partial charge in [0.25, 0.3) is 0 Å². The number of carboxylic acid groups (broad SMARTS) is 1. The minimum Gasteiger partial charge on any atom is -0.481 e. The number of carboxylic acids is 1. The van der Waals surface area contributed by atoms with Gasteiger partial charge >= 0.3 is 12.1 Å². The molecule has 2 aliphatic heterocycles. The Hall–Kier alpha value is -1.45. The van der Waals surface area contributed by atoms with E-state index in [2.05, 4.69) is 0 Å². The highest BCUT2D eigenvalue weighted by atomic mass is 32.2. The van der Waals surface area contributed by atoms with Crippen LogP contribution in [0.15, 0.2) is 0 Å². The van der Waals surface area contributed by atoms with Gasteiger partial charge in [-0.25, -0.2) is 0 Å². The van der Waals surface area contributed by atoms with Gasteiger partial charge in [-0.1, -0.05) is 13.3 Å². The Balaban J connectivity index is 2.09. The van der Waals surface area contributed by atoms with Gasteiger partial charge in [0.05, 0.1) is 17.7 Å². The van der Waals surface area contributed by atoms with E-state index >= 15 is 0 Å². The fourth-order valence-corrected chi connectivity index (χ4v) is 4.31. The number of hydrogen-bond donors (Lipinski definition) is 1. The van der Waals surface area contributed by atoms with Crippen LogP contribution in [-0.4, -0.2) is 69.6 Å². The maximum atomic E-state index is 13.1. The molecule has 10 heteroatoms. The molecule has 3 atom stereocenters. The number of halogens is 3. The summed E-state index contributed by atoms with van der Waals surface area (Å²) in [5.74, 6) is -5.43. The highest BCUT2D eigenvalue weighted by molar-refractivity contribution is 7.99. The fourth-order valence-electron chi connectivity index (χ4n) is 3.14. The molecule has 1 unspecified atom stereocenters. The summed E-state index contributed by atoms with van der Waals surface area (Å²) in [7, 11) is 0. The summed E-state index contributed by atoms with van der Waals surface area (Å²) in [5.41, 5.74) is 0. The molecule has 2 fully saturated rings. The van der Waals surface area contributed by atoms with Crippen molar-refractivity contribution in [3.63, 3.8) is 0 Å². The Bertz CT molecular complexity index is 543. The van der Waals surface area contributed by atoms with Crippen molar-refractivity contribution in [2.45, 2.75) is 38.4 Å². The molecule has 2 saturated heterocycles. The van der Waals surface area contributed by atoms with Crippen LogP contribution in [0.1, 0.15) is 26.2 Å². The summed E-state index contributed by atoms with van der Waals surface area (Å²) in [6.45, 7) is 0.788. The van der Waals surface area contributed by atoms with Gasteiger partial charge in [0.15, 0.2) is 0 Å². The summed E-state index contributed by atoms with van der Waals surface area (Å²) in [6.07, 6.45) is -2.88. The quantitative estimate of drug-likeness (QED) is 0.785. The zero-order valence-electron chi connectivity index (χ0n) is 13.8. The third-order valence-corrected chi connectivity index (χ3v) is 5.61. The molecule has 0 aromatic rings. The molecular weight excluding hydrogens is 361 g/mol. The van der Waals surface area contributed by atoms with Crippen molar-refractivity contribution in [1.29, 1.82) is 0 Å². The SMILES string of the molecule is CCCCC(=O)N1CSCC1C(=O)N1C[C@@H](C(F)(F)F)[C@H](C(=O)O)C1. The van der Waals surface area contributed by atoms with Crippen molar-refractivity contribution < 1.29 is 32.7 Å². The van der Waals surface area contributed by atoms with Crippen LogP contribution in [0, 0.1) is 11.8 Å². The van der Waals surface area contributed by atoms with Crippen molar-refractivity contribution in [3.05, 3.63) is 0 Å². The molecule has 2 heterocycles. The second-order valence-electron chi connectivity index (χ2n) is 6.32. The van der Waals surface area contributed by atoms with Gasteiger partial charge < -0.3 is 14.9 Å². The summed E-state index contributed by atoms with van der Waals surface area (Å²) in [5, 5.41) is 9.04. The molecule has 142 valence electrons. The summed E-state index contributed by atoms with van der Waals surface area (Å²) in [6, 6.07) is -0.809. The van der Waals surface area contributed by atoms with Crippen LogP contribution >= 0.6 is 11.8 Å². The Morgan fingerprint density at radius 2 is 1.92 bits per heavy atom. The molecule has 0 aliphatic carbocycles. The van der Waals surface area contributed by atoms with Crippen LogP contribution in [0.4, 0.5) is 13.2 Å². The minimum absolute atomic E-state index is 0.188. The van der Waals surface area contributed by atoms with E-state index < -0.39 is 49.0 Å². The predicted molar refractivity (Wildman–Crippen MR) is 84.7 cm³/mol. The standard InChI is InChI=1S/C15H21F3N2O4S/c1-2-3-4-12(21)20-8-25-7-11(20)13(22)19-5-9(14(23)24)10(6-19)15(16,17)18/h9-11H,2-8H2,1H3,(H,23,24)/t9-,10-,11?/m1/s1. The first-order chi connectivity index (χ1) is 11.7. The largest absolute Gasteiger partial charge is 0.481 e. The number of carbonyl (C=O) groups is 3. The number of nitrogens with zero attached hydrogens (tertiary/aromatic N) is 2. The lowest BCUT2D eigenvalue weighted by Gasteiger charge is -2.27. The molecule has 0 bridgehead atoms. The zero-order valence-corrected chi connectivity index (χ0v) is 14.6. The van der Waals surface area contributed by atoms with Crippen molar-refractivity contribution in [1.82, 2.24) is 9.80 Å². The molecule has 0 spiro atoms. The Kier molecular flexibility index (Phi) is 6.23. The molecule has 6 nitrogen and oxygen atoms in total. The molecule has 0 aromatic carbocycles. The van der Waals surface area contributed by atoms with Crippen molar-refractivity contribution in [2.24, 2.45) is 11.8 Å². The number of aliphatic carboxylic acids is 1. The molecule has 0 aromatic heterocycles. The molecule has 1 N–H and O–H groups in total. The van der Waals surface area contributed by atoms with E-state index in [1.807, 2.05) is 6.92 Å². The van der Waals surface area contributed by atoms with Gasteiger partial charge in [-0.2, -0.15) is 13.2 Å². The number of rotatable bonds is 5. The van der Waals surface area contributed by atoms with Gasteiger partial charge in [-0.3, -0.25) is 14.4 Å². The van der Waals surface area contributed by atoms with Crippen LogP contribution in [0.5, 0.6) is 0 Å². The average Bonchev–Trinajstić information content (AvgIpc) is 3.17. The number of unbranched alkanes of at least 4 members (excludes halogenated alkanes) is 1. The van der Waals surface area contributed by atoms with E-state index in [1.165, 1.54) is 16.7 Å². The van der Waals surface area contributed by atoms with Crippen molar-refractivity contribution in [3.8, 4) is 0 Å². The van der Waals surface area contributed by atoms with E-state index in [9.17, 15) is 27.6 Å². The van der Waals surface area contributed by atoms with Gasteiger partial charge in [0, 0.05) is 25.3 Å². The summed E-state index contributed by atoms with van der Waals surface area (Å²) in [4.78, 5) is 38.3. The number of alkyl halides is 3. The Morgan fingerprint density at radius 3 is 2.44 bits per heavy atom. The molecule has 2 rings (SSSR count). The maximum absolute atomic E-state index is 13.1. The molecule has 2 aliphatic rings. The third kappa shape index (κ3) is 4.39. The second-order valence-corrected chi connectivity index (χ2v) is 7.32. The van der Waals surface area contributed by atoms with E-state index in [0.29, 0.717) is 24.5 Å². The first-order valence-corrected chi connectivity index (χ1v) is 9.27. The molecule has 2 amide bonds. The highest BCUT2D eigenvalue weighted by Crippen LogP contribution is 2.38. The molecular formula is C15H21F3N2O4S. The molecule has 0 radical (unpaired) electrons. The van der Waals surface area contributed by atoms with Crippen molar-refractivity contribution >= 4 is 29.5 Å². The van der Waals surface area contributed by atoms with Crippen LogP contribution in [0.3, 0.4) is 0 Å². The zero-order chi connectivity index (χ0) is 18.8. The third-order valence-electron chi connectivity index (χ3n) is 4.60. The number of carbonyl (C=O) groups excluding carboxylic acids is 2. The highest BCUT2D eigenvalue weighted by Gasteiger charge is 2.54. The van der Waals surface area contributed by atoms with Crippen LogP contribution < -0.4 is 0 Å². The second kappa shape index (κ2) is 7.84. The summed E-state index contributed by atoms with van der Waals surface area (Å²) < 4.78 is 39.2. The van der Waals surface area contributed by atoms with Crippen LogP contribution in [-0.2, 0) is 14.4 Å². The average molecular weight is 382 g/mol. The Labute approximate surface area is 147 Å². The minimum atomic E-state index is -4.68. The molecule has 0 saturated carbocycles. The Morgan fingerprint density at radius 1 is 1.24 bits per heavy atom. The smallest absolute Gasteiger partial charge is 0.394 e. The maximum Gasteiger partial charge on any atom is 0.394 e. The summed E-state index contributed by atoms with van der Waals surface area (Å²) >= 11 is 1.37. The number of thioether (sulfide) groups is 1. The fraction of sp³-hybridized carbons (Fsp3) is 0.800. The van der Waals surface area contributed by atoms with Gasteiger partial charge in [0.2, 0.25) is 11.8 Å². The number of likely N-dealkylation sites (tertiary alicyclic amines) is 1. The lowest BCUT2D eigenvalue weighted by atomic mass is 9.96. The number of amides is 2.